The number of amidine groups is 2. The Morgan fingerprint density at radius 3 is 2.69 bits per heavy atom. The first-order valence-electron chi connectivity index (χ1n) is 11.2. The highest BCUT2D eigenvalue weighted by Gasteiger charge is 2.50. The van der Waals surface area contributed by atoms with E-state index in [1.54, 1.807) is 37.1 Å². The zero-order chi connectivity index (χ0) is 22.8. The van der Waals surface area contributed by atoms with Crippen molar-refractivity contribution in [2.75, 3.05) is 26.1 Å². The summed E-state index contributed by atoms with van der Waals surface area (Å²) < 4.78 is 15.1. The van der Waals surface area contributed by atoms with Gasteiger partial charge in [-0.05, 0) is 44.4 Å². The number of esters is 1. The monoisotopic (exact) mass is 440 g/mol. The number of rotatable bonds is 6. The lowest BCUT2D eigenvalue weighted by molar-refractivity contribution is -0.132. The van der Waals surface area contributed by atoms with Crippen LogP contribution in [0.1, 0.15) is 56.3 Å². The number of benzene rings is 1. The van der Waals surface area contributed by atoms with Crippen LogP contribution in [0.2, 0.25) is 0 Å². The summed E-state index contributed by atoms with van der Waals surface area (Å²) in [6.45, 7) is 4.10. The van der Waals surface area contributed by atoms with Crippen LogP contribution in [0.4, 0.5) is 5.69 Å². The average molecular weight is 441 g/mol. The van der Waals surface area contributed by atoms with Gasteiger partial charge in [-0.3, -0.25) is 4.79 Å². The van der Waals surface area contributed by atoms with Crippen LogP contribution in [0.25, 0.3) is 0 Å². The highest BCUT2D eigenvalue weighted by Crippen LogP contribution is 2.31. The van der Waals surface area contributed by atoms with Crippen molar-refractivity contribution < 1.29 is 19.1 Å². The molecule has 0 radical (unpaired) electrons. The van der Waals surface area contributed by atoms with Gasteiger partial charge in [-0.1, -0.05) is 24.8 Å². The number of fused-ring (bicyclic) bond motifs is 1. The van der Waals surface area contributed by atoms with Crippen LogP contribution in [-0.2, 0) is 9.53 Å². The highest BCUT2D eigenvalue weighted by atomic mass is 16.5. The predicted octanol–water partition coefficient (Wildman–Crippen LogP) is 2.01. The summed E-state index contributed by atoms with van der Waals surface area (Å²) in [5.74, 6) is 1.81. The van der Waals surface area contributed by atoms with Crippen LogP contribution in [0, 0.1) is 0 Å². The second-order valence-corrected chi connectivity index (χ2v) is 8.12. The molecule has 1 saturated heterocycles. The fourth-order valence-electron chi connectivity index (χ4n) is 4.61. The summed E-state index contributed by atoms with van der Waals surface area (Å²) in [5.41, 5.74) is 1.02. The largest absolute Gasteiger partial charge is 0.493 e. The van der Waals surface area contributed by atoms with Crippen molar-refractivity contribution in [2.45, 2.75) is 58.0 Å². The Morgan fingerprint density at radius 2 is 2.03 bits per heavy atom. The van der Waals surface area contributed by atoms with Gasteiger partial charge in [0.25, 0.3) is 11.7 Å². The number of amides is 1. The SMILES string of the molecule is CCOC(=O)c1ccc(NC2=[N+]=C3C(=N2)N(C2CCCC2)C(CC)C(=O)N3C)c(OC)c1. The molecule has 1 saturated carbocycles. The molecule has 0 spiro atoms. The second kappa shape index (κ2) is 9.04. The summed E-state index contributed by atoms with van der Waals surface area (Å²) >= 11 is 0. The molecule has 170 valence electrons. The average Bonchev–Trinajstić information content (AvgIpc) is 3.47. The van der Waals surface area contributed by atoms with Gasteiger partial charge in [0.1, 0.15) is 11.7 Å². The third kappa shape index (κ3) is 3.84. The highest BCUT2D eigenvalue weighted by molar-refractivity contribution is 6.48. The van der Waals surface area contributed by atoms with E-state index in [4.69, 9.17) is 14.5 Å². The predicted molar refractivity (Wildman–Crippen MR) is 123 cm³/mol. The van der Waals surface area contributed by atoms with Crippen molar-refractivity contribution in [3.8, 4) is 5.75 Å². The Labute approximate surface area is 187 Å². The molecule has 9 heteroatoms. The minimum absolute atomic E-state index is 0.0507. The smallest absolute Gasteiger partial charge is 0.440 e. The topological polar surface area (TPSA) is 97.6 Å². The lowest BCUT2D eigenvalue weighted by Crippen LogP contribution is -2.63. The van der Waals surface area contributed by atoms with Gasteiger partial charge >= 0.3 is 17.8 Å². The maximum atomic E-state index is 13.0. The van der Waals surface area contributed by atoms with E-state index >= 15 is 0 Å². The zero-order valence-corrected chi connectivity index (χ0v) is 19.1. The molecule has 32 heavy (non-hydrogen) atoms. The molecule has 1 N–H and O–H groups in total. The van der Waals surface area contributed by atoms with E-state index in [9.17, 15) is 9.59 Å². The van der Waals surface area contributed by atoms with Crippen molar-refractivity contribution in [3.05, 3.63) is 23.8 Å². The summed E-state index contributed by atoms with van der Waals surface area (Å²) in [6.07, 6.45) is 5.18. The molecule has 9 nitrogen and oxygen atoms in total. The van der Waals surface area contributed by atoms with Gasteiger partial charge in [-0.2, -0.15) is 0 Å². The standard InChI is InChI=1S/C23H29N5O4/c1-5-17-21(29)27(3)19-20(28(17)15-9-7-8-10-15)26-23(25-19)24-16-12-11-14(13-18(16)31-4)22(30)32-6-2/h11-13,15,17H,5-10H2,1-4H3/p+1. The van der Waals surface area contributed by atoms with Gasteiger partial charge in [0.2, 0.25) is 0 Å². The van der Waals surface area contributed by atoms with Gasteiger partial charge in [0.05, 0.1) is 26.3 Å². The molecular formula is C23H30N5O4+. The third-order valence-corrected chi connectivity index (χ3v) is 6.20. The Morgan fingerprint density at radius 1 is 1.28 bits per heavy atom. The Bertz CT molecular complexity index is 1020. The number of carbonyl (C=O) groups is 2. The van der Waals surface area contributed by atoms with Crippen molar-refractivity contribution in [1.29, 1.82) is 0 Å². The second-order valence-electron chi connectivity index (χ2n) is 8.12. The summed E-state index contributed by atoms with van der Waals surface area (Å²) in [6, 6.07) is 5.10. The minimum atomic E-state index is -0.407. The number of nitrogens with one attached hydrogen (secondary N) is 1. The summed E-state index contributed by atoms with van der Waals surface area (Å²) in [7, 11) is 3.29. The molecule has 0 aromatic heterocycles. The zero-order valence-electron chi connectivity index (χ0n) is 19.1. The maximum absolute atomic E-state index is 13.0. The normalized spacial score (nSPS) is 20.6. The van der Waals surface area contributed by atoms with Gasteiger partial charge < -0.3 is 14.4 Å². The van der Waals surface area contributed by atoms with Crippen LogP contribution < -0.4 is 14.7 Å². The number of guanidine groups is 1. The van der Waals surface area contributed by atoms with Crippen LogP contribution in [0.15, 0.2) is 23.2 Å². The molecule has 4 rings (SSSR count). The quantitative estimate of drug-likeness (QED) is 0.537. The number of hydrogen-bond acceptors (Lipinski definition) is 7. The van der Waals surface area contributed by atoms with E-state index in [1.807, 2.05) is 6.92 Å². The lowest BCUT2D eigenvalue weighted by Gasteiger charge is -2.39. The number of nitrogens with zero attached hydrogens (tertiary/aromatic N) is 4. The number of piperazine rings is 1. The first kappa shape index (κ1) is 21.9. The van der Waals surface area contributed by atoms with Gasteiger partial charge in [-0.25, -0.2) is 19.7 Å². The molecule has 1 aliphatic carbocycles. The maximum Gasteiger partial charge on any atom is 0.440 e. The van der Waals surface area contributed by atoms with E-state index in [2.05, 4.69) is 14.9 Å². The molecule has 1 amide bonds. The number of anilines is 1. The Kier molecular flexibility index (Phi) is 6.19. The van der Waals surface area contributed by atoms with Crippen molar-refractivity contribution in [2.24, 2.45) is 4.99 Å². The lowest BCUT2D eigenvalue weighted by atomic mass is 10.0. The molecule has 1 unspecified atom stereocenters. The van der Waals surface area contributed by atoms with Gasteiger partial charge in [0, 0.05) is 6.04 Å². The van der Waals surface area contributed by atoms with Crippen molar-refractivity contribution in [3.63, 3.8) is 0 Å². The number of ether oxygens (including phenoxy) is 2. The number of carbonyl (C=O) groups excluding carboxylic acids is 2. The number of aliphatic imine (C=N–C) groups is 1. The Hall–Kier alpha value is -3.32. The Balaban J connectivity index is 1.65. The van der Waals surface area contributed by atoms with E-state index in [1.165, 1.54) is 20.0 Å². The van der Waals surface area contributed by atoms with Gasteiger partial charge in [0.15, 0.2) is 5.75 Å². The van der Waals surface area contributed by atoms with Crippen LogP contribution in [0.5, 0.6) is 5.75 Å². The fourth-order valence-corrected chi connectivity index (χ4v) is 4.61. The number of methoxy groups -OCH3 is 1. The molecule has 1 atom stereocenters. The summed E-state index contributed by atoms with van der Waals surface area (Å²) in [5, 5.41) is 3.19. The van der Waals surface area contributed by atoms with E-state index in [-0.39, 0.29) is 11.9 Å². The van der Waals surface area contributed by atoms with Crippen LogP contribution in [-0.4, -0.2) is 72.2 Å². The molecular weight excluding hydrogens is 410 g/mol. The number of likely N-dealkylation sites (N-methyl/N-ethyl adjacent to an activating group) is 1. The first-order chi connectivity index (χ1) is 15.5. The van der Waals surface area contributed by atoms with E-state index in [0.717, 1.165) is 25.1 Å². The third-order valence-electron chi connectivity index (χ3n) is 6.20. The van der Waals surface area contributed by atoms with Crippen LogP contribution >= 0.6 is 0 Å². The van der Waals surface area contributed by atoms with E-state index in [0.29, 0.717) is 41.4 Å². The minimum Gasteiger partial charge on any atom is -0.493 e. The van der Waals surface area contributed by atoms with Crippen molar-refractivity contribution in [1.82, 2.24) is 14.5 Å². The molecule has 1 aromatic rings. The summed E-state index contributed by atoms with van der Waals surface area (Å²) in [4.78, 5) is 33.6. The molecule has 2 aliphatic heterocycles. The number of hydrogen-bond donors (Lipinski definition) is 1. The molecule has 1 aromatic carbocycles. The first-order valence-corrected chi connectivity index (χ1v) is 11.2. The molecule has 2 fully saturated rings. The van der Waals surface area contributed by atoms with Crippen molar-refractivity contribution >= 4 is 35.2 Å². The molecule has 2 heterocycles. The van der Waals surface area contributed by atoms with Crippen LogP contribution in [0.3, 0.4) is 0 Å². The van der Waals surface area contributed by atoms with E-state index < -0.39 is 5.97 Å². The van der Waals surface area contributed by atoms with Gasteiger partial charge in [-0.15, -0.1) is 0 Å². The fraction of sp³-hybridized carbons (Fsp3) is 0.522. The molecule has 0 bridgehead atoms. The molecule has 3 aliphatic rings.